The van der Waals surface area contributed by atoms with E-state index in [9.17, 15) is 14.4 Å². The van der Waals surface area contributed by atoms with Gasteiger partial charge < -0.3 is 9.47 Å². The van der Waals surface area contributed by atoms with Gasteiger partial charge in [-0.2, -0.15) is 0 Å². The molecule has 0 saturated heterocycles. The van der Waals surface area contributed by atoms with E-state index in [2.05, 4.69) is 41.5 Å². The Labute approximate surface area is 336 Å². The second-order valence-corrected chi connectivity index (χ2v) is 18.2. The molecule has 2 saturated carbocycles. The first kappa shape index (κ1) is 45.3. The third-order valence-electron chi connectivity index (χ3n) is 11.3. The molecular formula is C47H70O9. The van der Waals surface area contributed by atoms with E-state index in [0.29, 0.717) is 62.5 Å². The van der Waals surface area contributed by atoms with E-state index < -0.39 is 29.7 Å². The molecule has 2 aromatic carbocycles. The predicted octanol–water partition coefficient (Wildman–Crippen LogP) is 13.3. The molecule has 4 rings (SSSR count). The third-order valence-corrected chi connectivity index (χ3v) is 11.3. The van der Waals surface area contributed by atoms with E-state index >= 15 is 0 Å². The molecule has 0 bridgehead atoms. The molecule has 0 radical (unpaired) electrons. The van der Waals surface area contributed by atoms with Crippen LogP contribution in [0.4, 0.5) is 4.79 Å². The van der Waals surface area contributed by atoms with Gasteiger partial charge >= 0.3 is 18.1 Å². The van der Waals surface area contributed by atoms with Gasteiger partial charge in [-0.05, 0) is 71.9 Å². The summed E-state index contributed by atoms with van der Waals surface area (Å²) in [5.74, 6) is -4.49. The fourth-order valence-corrected chi connectivity index (χ4v) is 7.57. The molecule has 0 aliphatic heterocycles. The summed E-state index contributed by atoms with van der Waals surface area (Å²) in [6, 6.07) is 14.5. The van der Waals surface area contributed by atoms with Gasteiger partial charge in [0.2, 0.25) is 0 Å². The minimum atomic E-state index is -1.57. The van der Waals surface area contributed by atoms with Gasteiger partial charge in [0.05, 0.1) is 11.1 Å². The van der Waals surface area contributed by atoms with E-state index in [0.717, 1.165) is 88.2 Å². The first-order valence-corrected chi connectivity index (χ1v) is 21.6. The standard InChI is InChI=1S/C47H70O9/c1-44(2,3)39-29-25-37(26-30-39)41(48)53-55-46(33-21-17-13-9-7-10-14-18-22-34-46)51-43(50)52-47(35-23-19-15-11-8-12-16-20-24-36-47)56-54-42(49)38-27-31-40(32-28-38)45(4,5)6/h25-32H,7-24,33-36H2,1-6H3. The minimum Gasteiger partial charge on any atom is -0.398 e. The van der Waals surface area contributed by atoms with Crippen LogP contribution in [0.25, 0.3) is 0 Å². The molecule has 2 aromatic rings. The van der Waals surface area contributed by atoms with Crippen molar-refractivity contribution in [1.82, 2.24) is 0 Å². The summed E-state index contributed by atoms with van der Waals surface area (Å²) in [6.07, 6.45) is 18.1. The summed E-state index contributed by atoms with van der Waals surface area (Å²) in [6.45, 7) is 12.7. The van der Waals surface area contributed by atoms with Crippen molar-refractivity contribution in [2.75, 3.05) is 0 Å². The van der Waals surface area contributed by atoms with Gasteiger partial charge in [0.1, 0.15) is 0 Å². The van der Waals surface area contributed by atoms with Crippen LogP contribution in [-0.2, 0) is 39.9 Å². The van der Waals surface area contributed by atoms with Crippen LogP contribution in [-0.4, -0.2) is 29.7 Å². The Morgan fingerprint density at radius 1 is 0.411 bits per heavy atom. The molecule has 0 unspecified atom stereocenters. The summed E-state index contributed by atoms with van der Waals surface area (Å²) >= 11 is 0. The van der Waals surface area contributed by atoms with Gasteiger partial charge in [-0.3, -0.25) is 9.78 Å². The van der Waals surface area contributed by atoms with Crippen LogP contribution in [0.15, 0.2) is 48.5 Å². The number of carbonyl (C=O) groups is 3. The van der Waals surface area contributed by atoms with Crippen LogP contribution >= 0.6 is 0 Å². The lowest BCUT2D eigenvalue weighted by Crippen LogP contribution is -2.44. The van der Waals surface area contributed by atoms with E-state index in [4.69, 9.17) is 29.0 Å². The van der Waals surface area contributed by atoms with Crippen LogP contribution < -0.4 is 0 Å². The summed E-state index contributed by atoms with van der Waals surface area (Å²) < 4.78 is 12.4. The fourth-order valence-electron chi connectivity index (χ4n) is 7.57. The van der Waals surface area contributed by atoms with E-state index in [1.54, 1.807) is 24.3 Å². The van der Waals surface area contributed by atoms with Crippen molar-refractivity contribution in [3.8, 4) is 0 Å². The summed E-state index contributed by atoms with van der Waals surface area (Å²) in [5.41, 5.74) is 2.69. The van der Waals surface area contributed by atoms with Crippen LogP contribution in [0.5, 0.6) is 0 Å². The van der Waals surface area contributed by atoms with Gasteiger partial charge in [0, 0.05) is 25.7 Å². The highest BCUT2D eigenvalue weighted by molar-refractivity contribution is 5.89. The Morgan fingerprint density at radius 2 is 0.661 bits per heavy atom. The fraction of sp³-hybridized carbons (Fsp3) is 0.681. The van der Waals surface area contributed by atoms with Crippen LogP contribution in [0.1, 0.15) is 215 Å². The average molecular weight is 779 g/mol. The molecule has 0 atom stereocenters. The SMILES string of the molecule is CC(C)(C)c1ccc(C(=O)OOC2(OC(=O)OC3(OOC(=O)c4ccc(C(C)(C)C)cc4)CCCCCCCCCCC3)CCCCCCCCCCC2)cc1. The predicted molar refractivity (Wildman–Crippen MR) is 218 cm³/mol. The molecule has 56 heavy (non-hydrogen) atoms. The highest BCUT2D eigenvalue weighted by Crippen LogP contribution is 2.35. The summed E-state index contributed by atoms with van der Waals surface area (Å²) in [7, 11) is 0. The Bertz CT molecular complexity index is 1350. The average Bonchev–Trinajstić information content (AvgIpc) is 3.15. The van der Waals surface area contributed by atoms with Gasteiger partial charge in [-0.1, -0.05) is 156 Å². The molecule has 9 nitrogen and oxygen atoms in total. The lowest BCUT2D eigenvalue weighted by atomic mass is 9.87. The van der Waals surface area contributed by atoms with Crippen molar-refractivity contribution in [1.29, 1.82) is 0 Å². The lowest BCUT2D eigenvalue weighted by Gasteiger charge is -2.35. The van der Waals surface area contributed by atoms with Crippen LogP contribution in [0.2, 0.25) is 0 Å². The Hall–Kier alpha value is -3.43. The third kappa shape index (κ3) is 15.1. The van der Waals surface area contributed by atoms with Crippen molar-refractivity contribution < 1.29 is 43.4 Å². The van der Waals surface area contributed by atoms with Crippen molar-refractivity contribution in [3.63, 3.8) is 0 Å². The van der Waals surface area contributed by atoms with E-state index in [1.807, 2.05) is 24.3 Å². The van der Waals surface area contributed by atoms with Crippen molar-refractivity contribution in [2.24, 2.45) is 0 Å². The molecule has 2 aliphatic carbocycles. The maximum atomic E-state index is 14.1. The van der Waals surface area contributed by atoms with Crippen LogP contribution in [0.3, 0.4) is 0 Å². The second-order valence-electron chi connectivity index (χ2n) is 18.2. The topological polar surface area (TPSA) is 107 Å². The molecule has 0 spiro atoms. The van der Waals surface area contributed by atoms with Gasteiger partial charge in [-0.15, -0.1) is 9.78 Å². The molecule has 312 valence electrons. The number of hydrogen-bond donors (Lipinski definition) is 0. The number of rotatable bonds is 8. The molecular weight excluding hydrogens is 709 g/mol. The molecule has 2 fully saturated rings. The number of benzene rings is 2. The van der Waals surface area contributed by atoms with Crippen molar-refractivity contribution in [2.45, 2.75) is 205 Å². The largest absolute Gasteiger partial charge is 0.513 e. The number of ether oxygens (including phenoxy) is 2. The zero-order valence-corrected chi connectivity index (χ0v) is 35.3. The van der Waals surface area contributed by atoms with Gasteiger partial charge in [0.15, 0.2) is 0 Å². The molecule has 0 amide bonds. The summed E-state index contributed by atoms with van der Waals surface area (Å²) in [5, 5.41) is 0. The quantitative estimate of drug-likeness (QED) is 0.112. The van der Waals surface area contributed by atoms with Gasteiger partial charge in [0.25, 0.3) is 11.6 Å². The number of hydrogen-bond acceptors (Lipinski definition) is 9. The van der Waals surface area contributed by atoms with Crippen molar-refractivity contribution in [3.05, 3.63) is 70.8 Å². The summed E-state index contributed by atoms with van der Waals surface area (Å²) in [4.78, 5) is 63.8. The van der Waals surface area contributed by atoms with E-state index in [1.165, 1.54) is 12.8 Å². The highest BCUT2D eigenvalue weighted by atomic mass is 17.3. The van der Waals surface area contributed by atoms with Crippen LogP contribution in [0, 0.1) is 0 Å². The molecule has 0 N–H and O–H groups in total. The van der Waals surface area contributed by atoms with E-state index in [-0.39, 0.29) is 10.8 Å². The first-order chi connectivity index (χ1) is 26.7. The monoisotopic (exact) mass is 779 g/mol. The first-order valence-electron chi connectivity index (χ1n) is 21.6. The Balaban J connectivity index is 1.57. The maximum absolute atomic E-state index is 14.1. The zero-order valence-electron chi connectivity index (χ0n) is 35.3. The second kappa shape index (κ2) is 21.9. The highest BCUT2D eigenvalue weighted by Gasteiger charge is 2.44. The molecule has 9 heteroatoms. The molecule has 0 aromatic heterocycles. The Morgan fingerprint density at radius 3 is 0.911 bits per heavy atom. The Kier molecular flexibility index (Phi) is 17.7. The molecule has 0 heterocycles. The molecule has 2 aliphatic rings. The smallest absolute Gasteiger partial charge is 0.398 e. The van der Waals surface area contributed by atoms with Gasteiger partial charge in [-0.25, -0.2) is 14.4 Å². The normalized spacial score (nSPS) is 19.4. The minimum absolute atomic E-state index is 0.0741. The number of carbonyl (C=O) groups excluding carboxylic acids is 3. The maximum Gasteiger partial charge on any atom is 0.513 e. The van der Waals surface area contributed by atoms with Crippen molar-refractivity contribution >= 4 is 18.1 Å². The zero-order chi connectivity index (χ0) is 40.5. The lowest BCUT2D eigenvalue weighted by molar-refractivity contribution is -0.409.